The Hall–Kier alpha value is -1.99. The zero-order valence-electron chi connectivity index (χ0n) is 11.1. The molecule has 3 nitrogen and oxygen atoms in total. The molecule has 2 aromatic carbocycles. The van der Waals surface area contributed by atoms with E-state index < -0.39 is 0 Å². The van der Waals surface area contributed by atoms with E-state index in [1.807, 2.05) is 25.1 Å². The Bertz CT molecular complexity index is 617. The molecule has 20 heavy (non-hydrogen) atoms. The van der Waals surface area contributed by atoms with Crippen LogP contribution < -0.4 is 9.47 Å². The van der Waals surface area contributed by atoms with Gasteiger partial charge in [-0.2, -0.15) is 5.26 Å². The Balaban J connectivity index is 1.80. The van der Waals surface area contributed by atoms with Crippen molar-refractivity contribution in [3.63, 3.8) is 0 Å². The molecular formula is C16H14BrNO2. The SMILES string of the molecule is Cc1cc(Br)ccc1OCCOc1ccc(C#N)cc1. The van der Waals surface area contributed by atoms with Crippen molar-refractivity contribution < 1.29 is 9.47 Å². The van der Waals surface area contributed by atoms with Crippen LogP contribution in [0.25, 0.3) is 0 Å². The van der Waals surface area contributed by atoms with Crippen LogP contribution >= 0.6 is 15.9 Å². The van der Waals surface area contributed by atoms with Crippen molar-refractivity contribution in [2.45, 2.75) is 6.92 Å². The number of rotatable bonds is 5. The molecule has 0 saturated heterocycles. The Morgan fingerprint density at radius 1 is 1.05 bits per heavy atom. The van der Waals surface area contributed by atoms with Crippen molar-refractivity contribution in [3.8, 4) is 17.6 Å². The lowest BCUT2D eigenvalue weighted by atomic mass is 10.2. The zero-order chi connectivity index (χ0) is 14.4. The summed E-state index contributed by atoms with van der Waals surface area (Å²) in [6.07, 6.45) is 0. The minimum Gasteiger partial charge on any atom is -0.490 e. The average molecular weight is 332 g/mol. The summed E-state index contributed by atoms with van der Waals surface area (Å²) in [6, 6.07) is 15.0. The molecule has 0 radical (unpaired) electrons. The largest absolute Gasteiger partial charge is 0.490 e. The summed E-state index contributed by atoms with van der Waals surface area (Å²) >= 11 is 3.42. The van der Waals surface area contributed by atoms with Gasteiger partial charge < -0.3 is 9.47 Å². The maximum atomic E-state index is 8.70. The van der Waals surface area contributed by atoms with Crippen molar-refractivity contribution in [1.82, 2.24) is 0 Å². The molecule has 2 aromatic rings. The van der Waals surface area contributed by atoms with Crippen molar-refractivity contribution in [2.24, 2.45) is 0 Å². The maximum absolute atomic E-state index is 8.70. The van der Waals surface area contributed by atoms with Crippen molar-refractivity contribution in [2.75, 3.05) is 13.2 Å². The molecule has 0 aromatic heterocycles. The lowest BCUT2D eigenvalue weighted by Crippen LogP contribution is -2.09. The number of ether oxygens (including phenoxy) is 2. The fourth-order valence-electron chi connectivity index (χ4n) is 1.71. The summed E-state index contributed by atoms with van der Waals surface area (Å²) < 4.78 is 12.2. The number of nitriles is 1. The maximum Gasteiger partial charge on any atom is 0.122 e. The van der Waals surface area contributed by atoms with Crippen LogP contribution in [0.1, 0.15) is 11.1 Å². The molecule has 0 amide bonds. The van der Waals surface area contributed by atoms with Crippen LogP contribution in [0.5, 0.6) is 11.5 Å². The zero-order valence-corrected chi connectivity index (χ0v) is 12.7. The average Bonchev–Trinajstić information content (AvgIpc) is 2.46. The Morgan fingerprint density at radius 3 is 2.40 bits per heavy atom. The van der Waals surface area contributed by atoms with Gasteiger partial charge in [-0.05, 0) is 55.0 Å². The number of hydrogen-bond donors (Lipinski definition) is 0. The number of halogens is 1. The first kappa shape index (κ1) is 14.4. The highest BCUT2D eigenvalue weighted by Gasteiger charge is 2.00. The van der Waals surface area contributed by atoms with Crippen molar-refractivity contribution in [1.29, 1.82) is 5.26 Å². The summed E-state index contributed by atoms with van der Waals surface area (Å²) in [4.78, 5) is 0. The Labute approximate surface area is 126 Å². The first-order valence-corrected chi connectivity index (χ1v) is 7.00. The number of hydrogen-bond acceptors (Lipinski definition) is 3. The topological polar surface area (TPSA) is 42.2 Å². The van der Waals surface area contributed by atoms with Gasteiger partial charge in [0.15, 0.2) is 0 Å². The first-order valence-electron chi connectivity index (χ1n) is 6.21. The van der Waals surface area contributed by atoms with Crippen LogP contribution in [-0.4, -0.2) is 13.2 Å². The van der Waals surface area contributed by atoms with Gasteiger partial charge in [0.2, 0.25) is 0 Å². The van der Waals surface area contributed by atoms with Gasteiger partial charge in [-0.1, -0.05) is 15.9 Å². The molecule has 0 saturated carbocycles. The number of aryl methyl sites for hydroxylation is 1. The van der Waals surface area contributed by atoms with E-state index >= 15 is 0 Å². The highest BCUT2D eigenvalue weighted by molar-refractivity contribution is 9.10. The van der Waals surface area contributed by atoms with E-state index in [1.54, 1.807) is 24.3 Å². The predicted molar refractivity (Wildman–Crippen MR) is 81.0 cm³/mol. The number of benzene rings is 2. The molecule has 0 aliphatic heterocycles. The highest BCUT2D eigenvalue weighted by Crippen LogP contribution is 2.22. The van der Waals surface area contributed by atoms with Crippen LogP contribution in [0.2, 0.25) is 0 Å². The molecule has 0 aliphatic carbocycles. The third-order valence-corrected chi connectivity index (χ3v) is 3.22. The first-order chi connectivity index (χ1) is 9.69. The van der Waals surface area contributed by atoms with Gasteiger partial charge in [-0.3, -0.25) is 0 Å². The molecule has 102 valence electrons. The quantitative estimate of drug-likeness (QED) is 0.775. The molecule has 0 unspecified atom stereocenters. The van der Waals surface area contributed by atoms with Crippen LogP contribution in [0.3, 0.4) is 0 Å². The van der Waals surface area contributed by atoms with Gasteiger partial charge in [0, 0.05) is 4.47 Å². The van der Waals surface area contributed by atoms with Gasteiger partial charge in [0.05, 0.1) is 11.6 Å². The third-order valence-electron chi connectivity index (χ3n) is 2.73. The lowest BCUT2D eigenvalue weighted by Gasteiger charge is -2.10. The fourth-order valence-corrected chi connectivity index (χ4v) is 2.19. The van der Waals surface area contributed by atoms with Crippen molar-refractivity contribution >= 4 is 15.9 Å². The summed E-state index contributed by atoms with van der Waals surface area (Å²) in [5.74, 6) is 1.59. The minimum atomic E-state index is 0.460. The fraction of sp³-hybridized carbons (Fsp3) is 0.188. The number of nitrogens with zero attached hydrogens (tertiary/aromatic N) is 1. The standard InChI is InChI=1S/C16H14BrNO2/c1-12-10-14(17)4-7-16(12)20-9-8-19-15-5-2-13(11-18)3-6-15/h2-7,10H,8-9H2,1H3. The second-order valence-corrected chi connectivity index (χ2v) is 5.16. The smallest absolute Gasteiger partial charge is 0.122 e. The molecule has 2 rings (SSSR count). The molecule has 0 fully saturated rings. The molecule has 0 aliphatic rings. The van der Waals surface area contributed by atoms with Crippen LogP contribution in [0.4, 0.5) is 0 Å². The Kier molecular flexibility index (Phi) is 5.03. The van der Waals surface area contributed by atoms with E-state index in [-0.39, 0.29) is 0 Å². The second kappa shape index (κ2) is 6.97. The van der Waals surface area contributed by atoms with Gasteiger partial charge in [-0.25, -0.2) is 0 Å². The van der Waals surface area contributed by atoms with Gasteiger partial charge in [0.1, 0.15) is 24.7 Å². The van der Waals surface area contributed by atoms with E-state index in [4.69, 9.17) is 14.7 Å². The molecule has 0 heterocycles. The van der Waals surface area contributed by atoms with Crippen LogP contribution in [0.15, 0.2) is 46.9 Å². The predicted octanol–water partition coefficient (Wildman–Crippen LogP) is 4.09. The van der Waals surface area contributed by atoms with Crippen molar-refractivity contribution in [3.05, 3.63) is 58.1 Å². The normalized spacial score (nSPS) is 9.85. The third kappa shape index (κ3) is 4.01. The van der Waals surface area contributed by atoms with Gasteiger partial charge >= 0.3 is 0 Å². The van der Waals surface area contributed by atoms with Gasteiger partial charge in [-0.15, -0.1) is 0 Å². The van der Waals surface area contributed by atoms with Crippen LogP contribution in [-0.2, 0) is 0 Å². The lowest BCUT2D eigenvalue weighted by molar-refractivity contribution is 0.216. The molecule has 0 N–H and O–H groups in total. The Morgan fingerprint density at radius 2 is 1.75 bits per heavy atom. The molecule has 0 spiro atoms. The molecule has 4 heteroatoms. The van der Waals surface area contributed by atoms with E-state index in [0.29, 0.717) is 18.8 Å². The highest BCUT2D eigenvalue weighted by atomic mass is 79.9. The molecule has 0 bridgehead atoms. The molecule has 0 atom stereocenters. The van der Waals surface area contributed by atoms with E-state index in [9.17, 15) is 0 Å². The van der Waals surface area contributed by atoms with E-state index in [2.05, 4.69) is 22.0 Å². The summed E-state index contributed by atoms with van der Waals surface area (Å²) in [5, 5.41) is 8.70. The summed E-state index contributed by atoms with van der Waals surface area (Å²) in [7, 11) is 0. The summed E-state index contributed by atoms with van der Waals surface area (Å²) in [6.45, 7) is 2.94. The summed E-state index contributed by atoms with van der Waals surface area (Å²) in [5.41, 5.74) is 1.71. The van der Waals surface area contributed by atoms with E-state index in [0.717, 1.165) is 21.5 Å². The van der Waals surface area contributed by atoms with E-state index in [1.165, 1.54) is 0 Å². The second-order valence-electron chi connectivity index (χ2n) is 4.24. The monoisotopic (exact) mass is 331 g/mol. The molecular weight excluding hydrogens is 318 g/mol. The minimum absolute atomic E-state index is 0.460. The van der Waals surface area contributed by atoms with Gasteiger partial charge in [0.25, 0.3) is 0 Å². The van der Waals surface area contributed by atoms with Crippen LogP contribution in [0, 0.1) is 18.3 Å².